The van der Waals surface area contributed by atoms with Gasteiger partial charge in [-0.15, -0.1) is 0 Å². The number of imidazole rings is 1. The van der Waals surface area contributed by atoms with Crippen LogP contribution in [0.3, 0.4) is 0 Å². The second-order valence-electron chi connectivity index (χ2n) is 4.24. The van der Waals surface area contributed by atoms with E-state index in [4.69, 9.17) is 0 Å². The zero-order valence-electron chi connectivity index (χ0n) is 10.4. The van der Waals surface area contributed by atoms with Gasteiger partial charge in [0.05, 0.1) is 0 Å². The molecule has 2 heterocycles. The van der Waals surface area contributed by atoms with Gasteiger partial charge in [-0.1, -0.05) is 0 Å². The molecule has 1 aromatic heterocycles. The maximum absolute atomic E-state index is 12.3. The zero-order valence-corrected chi connectivity index (χ0v) is 11.2. The minimum atomic E-state index is -3.60. The maximum atomic E-state index is 12.3. The number of sulfonamides is 1. The number of nitrogens with zero attached hydrogens (tertiary/aromatic N) is 3. The number of rotatable bonds is 2. The average Bonchev–Trinajstić information content (AvgIpc) is 2.52. The van der Waals surface area contributed by atoms with Crippen LogP contribution in [0.4, 0.5) is 0 Å². The number of aromatic nitrogens is 2. The van der Waals surface area contributed by atoms with Gasteiger partial charge in [-0.05, 0) is 6.92 Å². The largest absolute Gasteiger partial charge is 0.355 e. The predicted octanol–water partition coefficient (Wildman–Crippen LogP) is -0.761. The summed E-state index contributed by atoms with van der Waals surface area (Å²) in [4.78, 5) is 15.2. The van der Waals surface area contributed by atoms with Gasteiger partial charge in [0.1, 0.15) is 5.82 Å². The molecule has 1 fully saturated rings. The Kier molecular flexibility index (Phi) is 3.40. The number of aryl methyl sites for hydroxylation is 2. The van der Waals surface area contributed by atoms with Crippen molar-refractivity contribution in [3.63, 3.8) is 0 Å². The molecule has 1 amide bonds. The fourth-order valence-corrected chi connectivity index (χ4v) is 3.24. The molecule has 0 spiro atoms. The summed E-state index contributed by atoms with van der Waals surface area (Å²) in [6.45, 7) is 2.56. The standard InChI is InChI=1S/C10H16N4O3S/c1-8-12-10(7-13(8)2)18(16,17)14-5-3-9(15)11-4-6-14/h7H,3-6H2,1-2H3,(H,11,15). The lowest BCUT2D eigenvalue weighted by Crippen LogP contribution is -2.34. The van der Waals surface area contributed by atoms with Crippen LogP contribution in [-0.2, 0) is 21.9 Å². The quantitative estimate of drug-likeness (QED) is 0.767. The van der Waals surface area contributed by atoms with E-state index < -0.39 is 10.0 Å². The van der Waals surface area contributed by atoms with Crippen LogP contribution in [0.1, 0.15) is 12.2 Å². The van der Waals surface area contributed by atoms with Crippen molar-refractivity contribution in [1.82, 2.24) is 19.2 Å². The van der Waals surface area contributed by atoms with Gasteiger partial charge in [-0.3, -0.25) is 4.79 Å². The normalized spacial score (nSPS) is 18.4. The molecule has 1 aliphatic heterocycles. The SMILES string of the molecule is Cc1nc(S(=O)(=O)N2CCNC(=O)CC2)cn1C. The third-order valence-electron chi connectivity index (χ3n) is 2.96. The van der Waals surface area contributed by atoms with Gasteiger partial charge in [0.15, 0.2) is 5.03 Å². The van der Waals surface area contributed by atoms with Gasteiger partial charge < -0.3 is 9.88 Å². The number of carbonyl (C=O) groups is 1. The summed E-state index contributed by atoms with van der Waals surface area (Å²) >= 11 is 0. The Balaban J connectivity index is 2.27. The lowest BCUT2D eigenvalue weighted by molar-refractivity contribution is -0.120. The molecule has 0 saturated carbocycles. The molecule has 8 heteroatoms. The summed E-state index contributed by atoms with van der Waals surface area (Å²) in [5.41, 5.74) is 0. The Morgan fingerprint density at radius 3 is 2.72 bits per heavy atom. The van der Waals surface area contributed by atoms with Crippen LogP contribution in [0.15, 0.2) is 11.2 Å². The molecule has 7 nitrogen and oxygen atoms in total. The molecule has 0 aromatic carbocycles. The number of amides is 1. The molecule has 2 rings (SSSR count). The Morgan fingerprint density at radius 2 is 2.11 bits per heavy atom. The molecule has 0 bridgehead atoms. The van der Waals surface area contributed by atoms with E-state index in [1.165, 1.54) is 10.5 Å². The second kappa shape index (κ2) is 4.69. The highest BCUT2D eigenvalue weighted by Crippen LogP contribution is 2.15. The summed E-state index contributed by atoms with van der Waals surface area (Å²) < 4.78 is 27.6. The summed E-state index contributed by atoms with van der Waals surface area (Å²) in [6, 6.07) is 0. The van der Waals surface area contributed by atoms with E-state index in [9.17, 15) is 13.2 Å². The fourth-order valence-electron chi connectivity index (χ4n) is 1.77. The highest BCUT2D eigenvalue weighted by Gasteiger charge is 2.29. The second-order valence-corrected chi connectivity index (χ2v) is 6.13. The molecular weight excluding hydrogens is 256 g/mol. The van der Waals surface area contributed by atoms with Crippen LogP contribution >= 0.6 is 0 Å². The van der Waals surface area contributed by atoms with Crippen molar-refractivity contribution < 1.29 is 13.2 Å². The lowest BCUT2D eigenvalue weighted by atomic mass is 10.4. The number of hydrogen-bond donors (Lipinski definition) is 1. The van der Waals surface area contributed by atoms with Crippen molar-refractivity contribution in [3.05, 3.63) is 12.0 Å². The molecule has 0 unspecified atom stereocenters. The van der Waals surface area contributed by atoms with Gasteiger partial charge in [0, 0.05) is 39.3 Å². The van der Waals surface area contributed by atoms with E-state index in [0.29, 0.717) is 12.4 Å². The Morgan fingerprint density at radius 1 is 1.39 bits per heavy atom. The summed E-state index contributed by atoms with van der Waals surface area (Å²) in [7, 11) is -1.86. The minimum absolute atomic E-state index is 0.0387. The van der Waals surface area contributed by atoms with Gasteiger partial charge >= 0.3 is 0 Å². The molecule has 1 saturated heterocycles. The monoisotopic (exact) mass is 272 g/mol. The van der Waals surface area contributed by atoms with E-state index in [0.717, 1.165) is 0 Å². The highest BCUT2D eigenvalue weighted by molar-refractivity contribution is 7.89. The van der Waals surface area contributed by atoms with Gasteiger partial charge in [-0.25, -0.2) is 13.4 Å². The summed E-state index contributed by atoms with van der Waals surface area (Å²) in [5.74, 6) is 0.516. The van der Waals surface area contributed by atoms with E-state index in [1.54, 1.807) is 18.5 Å². The smallest absolute Gasteiger partial charge is 0.262 e. The van der Waals surface area contributed by atoms with E-state index in [2.05, 4.69) is 10.3 Å². The molecule has 0 aliphatic carbocycles. The van der Waals surface area contributed by atoms with Crippen LogP contribution in [0.25, 0.3) is 0 Å². The first-order valence-corrected chi connectivity index (χ1v) is 7.12. The Hall–Kier alpha value is -1.41. The van der Waals surface area contributed by atoms with E-state index in [1.807, 2.05) is 0 Å². The third-order valence-corrected chi connectivity index (χ3v) is 4.73. The van der Waals surface area contributed by atoms with Crippen molar-refractivity contribution in [2.75, 3.05) is 19.6 Å². The van der Waals surface area contributed by atoms with Crippen molar-refractivity contribution in [1.29, 1.82) is 0 Å². The topological polar surface area (TPSA) is 84.3 Å². The van der Waals surface area contributed by atoms with Gasteiger partial charge in [0.2, 0.25) is 5.91 Å². The van der Waals surface area contributed by atoms with Crippen LogP contribution in [0, 0.1) is 6.92 Å². The number of nitrogens with one attached hydrogen (secondary N) is 1. The summed E-state index contributed by atoms with van der Waals surface area (Å²) in [5, 5.41) is 2.68. The summed E-state index contributed by atoms with van der Waals surface area (Å²) in [6.07, 6.45) is 1.68. The van der Waals surface area contributed by atoms with Gasteiger partial charge in [-0.2, -0.15) is 4.31 Å². The molecule has 1 aliphatic rings. The molecule has 0 atom stereocenters. The molecular formula is C10H16N4O3S. The fraction of sp³-hybridized carbons (Fsp3) is 0.600. The minimum Gasteiger partial charge on any atom is -0.355 e. The van der Waals surface area contributed by atoms with Crippen molar-refractivity contribution in [3.8, 4) is 0 Å². The van der Waals surface area contributed by atoms with Crippen molar-refractivity contribution in [2.45, 2.75) is 18.4 Å². The number of carbonyl (C=O) groups excluding carboxylic acids is 1. The van der Waals surface area contributed by atoms with Crippen molar-refractivity contribution in [2.24, 2.45) is 7.05 Å². The van der Waals surface area contributed by atoms with Crippen LogP contribution in [0.5, 0.6) is 0 Å². The molecule has 18 heavy (non-hydrogen) atoms. The first-order valence-electron chi connectivity index (χ1n) is 5.68. The number of hydrogen-bond acceptors (Lipinski definition) is 4. The third kappa shape index (κ3) is 2.39. The predicted molar refractivity (Wildman–Crippen MR) is 64.3 cm³/mol. The molecule has 1 N–H and O–H groups in total. The van der Waals surface area contributed by atoms with Crippen LogP contribution in [0.2, 0.25) is 0 Å². The zero-order chi connectivity index (χ0) is 13.3. The Bertz CT molecular complexity index is 544. The molecule has 1 aromatic rings. The van der Waals surface area contributed by atoms with E-state index in [-0.39, 0.29) is 30.4 Å². The first-order chi connectivity index (χ1) is 8.41. The Labute approximate surface area is 106 Å². The maximum Gasteiger partial charge on any atom is 0.262 e. The average molecular weight is 272 g/mol. The molecule has 0 radical (unpaired) electrons. The lowest BCUT2D eigenvalue weighted by Gasteiger charge is -2.17. The first kappa shape index (κ1) is 13.0. The van der Waals surface area contributed by atoms with E-state index >= 15 is 0 Å². The van der Waals surface area contributed by atoms with Crippen LogP contribution < -0.4 is 5.32 Å². The highest BCUT2D eigenvalue weighted by atomic mass is 32.2. The molecule has 100 valence electrons. The van der Waals surface area contributed by atoms with Crippen molar-refractivity contribution >= 4 is 15.9 Å². The van der Waals surface area contributed by atoms with Crippen LogP contribution in [-0.4, -0.2) is 47.8 Å². The van der Waals surface area contributed by atoms with Gasteiger partial charge in [0.25, 0.3) is 10.0 Å².